The van der Waals surface area contributed by atoms with E-state index < -0.39 is 0 Å². The largest absolute Gasteiger partial charge is 0.357 e. The van der Waals surface area contributed by atoms with E-state index in [9.17, 15) is 4.79 Å². The summed E-state index contributed by atoms with van der Waals surface area (Å²) >= 11 is 0. The molecule has 3 nitrogen and oxygen atoms in total. The summed E-state index contributed by atoms with van der Waals surface area (Å²) in [6, 6.07) is 10.8. The fraction of sp³-hybridized carbons (Fsp3) is 0.500. The van der Waals surface area contributed by atoms with Gasteiger partial charge in [-0.2, -0.15) is 0 Å². The van der Waals surface area contributed by atoms with Gasteiger partial charge in [0.1, 0.15) is 0 Å². The first-order chi connectivity index (χ1) is 10.2. The Labute approximate surface area is 125 Å². The van der Waals surface area contributed by atoms with Crippen molar-refractivity contribution in [1.82, 2.24) is 9.88 Å². The van der Waals surface area contributed by atoms with Crippen molar-refractivity contribution in [2.75, 3.05) is 6.54 Å². The Morgan fingerprint density at radius 3 is 2.86 bits per heavy atom. The molecule has 1 aromatic carbocycles. The number of nitrogens with zero attached hydrogens (tertiary/aromatic N) is 1. The molecule has 1 saturated heterocycles. The molecule has 1 aromatic heterocycles. The number of hydrogen-bond donors (Lipinski definition) is 1. The molecule has 0 bridgehead atoms. The van der Waals surface area contributed by atoms with Crippen molar-refractivity contribution >= 4 is 16.8 Å². The molecular formula is C18H22N2O. The average molecular weight is 282 g/mol. The molecule has 21 heavy (non-hydrogen) atoms. The second-order valence-corrected chi connectivity index (χ2v) is 6.67. The smallest absolute Gasteiger partial charge is 0.226 e. The number of piperidine rings is 1. The number of amides is 1. The minimum Gasteiger partial charge on any atom is -0.357 e. The van der Waals surface area contributed by atoms with E-state index in [1.807, 2.05) is 0 Å². The first-order valence-corrected chi connectivity index (χ1v) is 8.12. The number of rotatable bonds is 2. The minimum absolute atomic E-state index is 0.242. The topological polar surface area (TPSA) is 36.1 Å². The van der Waals surface area contributed by atoms with E-state index in [1.54, 1.807) is 0 Å². The van der Waals surface area contributed by atoms with E-state index in [-0.39, 0.29) is 12.0 Å². The first kappa shape index (κ1) is 12.9. The summed E-state index contributed by atoms with van der Waals surface area (Å²) in [6.07, 6.45) is 4.52. The van der Waals surface area contributed by atoms with Gasteiger partial charge in [0, 0.05) is 23.7 Å². The lowest BCUT2D eigenvalue weighted by Gasteiger charge is -2.35. The highest BCUT2D eigenvalue weighted by Crippen LogP contribution is 2.42. The Morgan fingerprint density at radius 1 is 1.29 bits per heavy atom. The Bertz CT molecular complexity index is 642. The van der Waals surface area contributed by atoms with Crippen LogP contribution in [0.5, 0.6) is 0 Å². The van der Waals surface area contributed by atoms with Crippen molar-refractivity contribution in [3.05, 3.63) is 36.0 Å². The zero-order chi connectivity index (χ0) is 14.4. The van der Waals surface area contributed by atoms with Crippen LogP contribution < -0.4 is 0 Å². The Kier molecular flexibility index (Phi) is 3.02. The van der Waals surface area contributed by atoms with Crippen molar-refractivity contribution in [2.24, 2.45) is 11.8 Å². The number of aromatic nitrogens is 1. The van der Waals surface area contributed by atoms with Crippen LogP contribution in [0.15, 0.2) is 30.3 Å². The third kappa shape index (κ3) is 2.25. The van der Waals surface area contributed by atoms with Gasteiger partial charge in [-0.25, -0.2) is 0 Å². The van der Waals surface area contributed by atoms with Gasteiger partial charge in [-0.15, -0.1) is 0 Å². The van der Waals surface area contributed by atoms with Gasteiger partial charge in [0.05, 0.1) is 6.04 Å². The fourth-order valence-electron chi connectivity index (χ4n) is 3.67. The van der Waals surface area contributed by atoms with Crippen molar-refractivity contribution in [2.45, 2.75) is 38.6 Å². The third-order valence-corrected chi connectivity index (χ3v) is 5.12. The molecule has 1 amide bonds. The summed E-state index contributed by atoms with van der Waals surface area (Å²) in [5.74, 6) is 1.25. The molecule has 2 aromatic rings. The molecule has 0 radical (unpaired) electrons. The Morgan fingerprint density at radius 2 is 2.10 bits per heavy atom. The predicted octanol–water partition coefficient (Wildman–Crippen LogP) is 3.88. The maximum Gasteiger partial charge on any atom is 0.226 e. The molecule has 2 fully saturated rings. The summed E-state index contributed by atoms with van der Waals surface area (Å²) < 4.78 is 0. The van der Waals surface area contributed by atoms with Crippen LogP contribution in [0.4, 0.5) is 0 Å². The molecule has 3 unspecified atom stereocenters. The van der Waals surface area contributed by atoms with E-state index in [0.717, 1.165) is 25.8 Å². The van der Waals surface area contributed by atoms with Crippen molar-refractivity contribution in [3.63, 3.8) is 0 Å². The lowest BCUT2D eigenvalue weighted by molar-refractivity contribution is -0.136. The zero-order valence-electron chi connectivity index (χ0n) is 12.5. The Balaban J connectivity index is 1.65. The summed E-state index contributed by atoms with van der Waals surface area (Å²) in [4.78, 5) is 18.3. The van der Waals surface area contributed by atoms with E-state index in [4.69, 9.17) is 0 Å². The lowest BCUT2D eigenvalue weighted by atomic mass is 9.98. The van der Waals surface area contributed by atoms with Gasteiger partial charge >= 0.3 is 0 Å². The molecule has 1 aliphatic carbocycles. The normalized spacial score (nSPS) is 28.8. The average Bonchev–Trinajstić information content (AvgIpc) is 3.09. The van der Waals surface area contributed by atoms with Crippen molar-refractivity contribution in [3.8, 4) is 0 Å². The number of carbonyl (C=O) groups excluding carboxylic acids is 1. The number of likely N-dealkylation sites (tertiary alicyclic amines) is 1. The molecule has 1 N–H and O–H groups in total. The van der Waals surface area contributed by atoms with Crippen LogP contribution in [0.2, 0.25) is 0 Å². The van der Waals surface area contributed by atoms with Gasteiger partial charge in [-0.3, -0.25) is 4.79 Å². The molecule has 3 heteroatoms. The highest BCUT2D eigenvalue weighted by molar-refractivity contribution is 5.83. The van der Waals surface area contributed by atoms with Gasteiger partial charge in [0.2, 0.25) is 5.91 Å². The number of fused-ring (bicyclic) bond motifs is 1. The minimum atomic E-state index is 0.242. The summed E-state index contributed by atoms with van der Waals surface area (Å²) in [5, 5.41) is 1.24. The fourth-order valence-corrected chi connectivity index (χ4v) is 3.67. The van der Waals surface area contributed by atoms with Gasteiger partial charge in [-0.05, 0) is 49.1 Å². The lowest BCUT2D eigenvalue weighted by Crippen LogP contribution is -2.39. The van der Waals surface area contributed by atoms with Gasteiger partial charge in [0.15, 0.2) is 0 Å². The number of aromatic amines is 1. The van der Waals surface area contributed by atoms with Crippen LogP contribution in [0.1, 0.15) is 44.3 Å². The van der Waals surface area contributed by atoms with Gasteiger partial charge in [0.25, 0.3) is 0 Å². The number of nitrogens with one attached hydrogen (secondary N) is 1. The van der Waals surface area contributed by atoms with Crippen LogP contribution in [-0.4, -0.2) is 22.3 Å². The summed E-state index contributed by atoms with van der Waals surface area (Å²) in [5.41, 5.74) is 2.38. The standard InChI is InChI=1S/C18H22N2O/c1-12-10-14(12)18(21)20-9-5-4-8-17(20)16-11-13-6-2-3-7-15(13)19-16/h2-3,6-7,11-12,14,17,19H,4-5,8-10H2,1H3. The summed E-state index contributed by atoms with van der Waals surface area (Å²) in [6.45, 7) is 3.10. The first-order valence-electron chi connectivity index (χ1n) is 8.12. The van der Waals surface area contributed by atoms with E-state index in [1.165, 1.54) is 23.0 Å². The third-order valence-electron chi connectivity index (χ3n) is 5.12. The van der Waals surface area contributed by atoms with Crippen LogP contribution in [0, 0.1) is 11.8 Å². The Hall–Kier alpha value is -1.77. The van der Waals surface area contributed by atoms with E-state index >= 15 is 0 Å². The van der Waals surface area contributed by atoms with Gasteiger partial charge < -0.3 is 9.88 Å². The predicted molar refractivity (Wildman–Crippen MR) is 83.9 cm³/mol. The number of hydrogen-bond acceptors (Lipinski definition) is 1. The molecule has 4 rings (SSSR count). The highest BCUT2D eigenvalue weighted by Gasteiger charge is 2.43. The number of benzene rings is 1. The van der Waals surface area contributed by atoms with Crippen LogP contribution in [-0.2, 0) is 4.79 Å². The molecule has 2 aliphatic rings. The summed E-state index contributed by atoms with van der Waals surface area (Å²) in [7, 11) is 0. The quantitative estimate of drug-likeness (QED) is 0.891. The molecule has 1 aliphatic heterocycles. The second-order valence-electron chi connectivity index (χ2n) is 6.67. The van der Waals surface area contributed by atoms with Crippen LogP contribution in [0.3, 0.4) is 0 Å². The molecule has 1 saturated carbocycles. The maximum atomic E-state index is 12.7. The number of carbonyl (C=O) groups is 1. The molecule has 110 valence electrons. The second kappa shape index (κ2) is 4.90. The molecular weight excluding hydrogens is 260 g/mol. The van der Waals surface area contributed by atoms with E-state index in [2.05, 4.69) is 47.1 Å². The number of H-pyrrole nitrogens is 1. The zero-order valence-corrected chi connectivity index (χ0v) is 12.5. The monoisotopic (exact) mass is 282 g/mol. The van der Waals surface area contributed by atoms with Gasteiger partial charge in [-0.1, -0.05) is 25.1 Å². The maximum absolute atomic E-state index is 12.7. The molecule has 2 heterocycles. The van der Waals surface area contributed by atoms with Crippen molar-refractivity contribution in [1.29, 1.82) is 0 Å². The van der Waals surface area contributed by atoms with Crippen molar-refractivity contribution < 1.29 is 4.79 Å². The SMILES string of the molecule is CC1CC1C(=O)N1CCCCC1c1cc2ccccc2[nH]1. The van der Waals surface area contributed by atoms with Crippen LogP contribution in [0.25, 0.3) is 10.9 Å². The van der Waals surface area contributed by atoms with E-state index in [0.29, 0.717) is 11.8 Å². The van der Waals surface area contributed by atoms with Crippen LogP contribution >= 0.6 is 0 Å². The number of para-hydroxylation sites is 1. The molecule has 3 atom stereocenters. The molecule has 0 spiro atoms. The highest BCUT2D eigenvalue weighted by atomic mass is 16.2.